The van der Waals surface area contributed by atoms with Gasteiger partial charge in [0.25, 0.3) is 0 Å². The highest BCUT2D eigenvalue weighted by Crippen LogP contribution is 2.46. The van der Waals surface area contributed by atoms with E-state index in [1.807, 2.05) is 0 Å². The molecule has 104 valence electrons. The zero-order chi connectivity index (χ0) is 13.3. The van der Waals surface area contributed by atoms with E-state index in [4.69, 9.17) is 5.73 Å². The number of hydrogen-bond acceptors (Lipinski definition) is 2. The van der Waals surface area contributed by atoms with Crippen molar-refractivity contribution in [1.82, 2.24) is 0 Å². The van der Waals surface area contributed by atoms with Gasteiger partial charge in [-0.1, -0.05) is 43.5 Å². The zero-order valence-electron chi connectivity index (χ0n) is 11.6. The van der Waals surface area contributed by atoms with E-state index in [1.54, 1.807) is 0 Å². The lowest BCUT2D eigenvalue weighted by molar-refractivity contribution is 0.000689. The Balaban J connectivity index is 1.78. The molecule has 1 atom stereocenters. The fourth-order valence-electron chi connectivity index (χ4n) is 3.57. The summed E-state index contributed by atoms with van der Waals surface area (Å²) >= 11 is 0. The van der Waals surface area contributed by atoms with Gasteiger partial charge in [-0.2, -0.15) is 0 Å². The van der Waals surface area contributed by atoms with Gasteiger partial charge in [0.2, 0.25) is 0 Å². The smallest absolute Gasteiger partial charge is 0.0858 e. The molecule has 2 saturated carbocycles. The van der Waals surface area contributed by atoms with Crippen molar-refractivity contribution in [2.45, 2.75) is 57.0 Å². The molecule has 1 unspecified atom stereocenters. The molecule has 3 N–H and O–H groups in total. The molecule has 0 heterocycles. The Bertz CT molecular complexity index is 415. The van der Waals surface area contributed by atoms with Gasteiger partial charge in [0.1, 0.15) is 0 Å². The first-order valence-corrected chi connectivity index (χ1v) is 7.73. The number of nitrogens with two attached hydrogens (primary N) is 1. The first kappa shape index (κ1) is 13.1. The van der Waals surface area contributed by atoms with Crippen LogP contribution in [0.5, 0.6) is 0 Å². The summed E-state index contributed by atoms with van der Waals surface area (Å²) in [5.41, 5.74) is 8.41. The van der Waals surface area contributed by atoms with Gasteiger partial charge < -0.3 is 10.8 Å². The quantitative estimate of drug-likeness (QED) is 0.869. The monoisotopic (exact) mass is 259 g/mol. The van der Waals surface area contributed by atoms with Crippen LogP contribution in [-0.2, 0) is 0 Å². The third kappa shape index (κ3) is 2.56. The summed E-state index contributed by atoms with van der Waals surface area (Å²) in [6.45, 7) is 0.596. The SMILES string of the molecule is NCC1(C(O)c2ccc(C3CC3)cc2)CCCCC1. The van der Waals surface area contributed by atoms with E-state index < -0.39 is 6.10 Å². The Labute approximate surface area is 116 Å². The van der Waals surface area contributed by atoms with Crippen LogP contribution in [0.4, 0.5) is 0 Å². The van der Waals surface area contributed by atoms with Crippen molar-refractivity contribution >= 4 is 0 Å². The van der Waals surface area contributed by atoms with Crippen molar-refractivity contribution in [1.29, 1.82) is 0 Å². The molecular formula is C17H25NO. The number of aliphatic hydroxyl groups is 1. The highest BCUT2D eigenvalue weighted by atomic mass is 16.3. The van der Waals surface area contributed by atoms with E-state index in [0.29, 0.717) is 6.54 Å². The van der Waals surface area contributed by atoms with Crippen molar-refractivity contribution < 1.29 is 5.11 Å². The molecule has 1 aromatic rings. The van der Waals surface area contributed by atoms with Crippen LogP contribution in [-0.4, -0.2) is 11.7 Å². The Morgan fingerprint density at radius 2 is 1.74 bits per heavy atom. The van der Waals surface area contributed by atoms with Gasteiger partial charge in [-0.15, -0.1) is 0 Å². The van der Waals surface area contributed by atoms with Crippen molar-refractivity contribution in [3.63, 3.8) is 0 Å². The van der Waals surface area contributed by atoms with Gasteiger partial charge in [0.05, 0.1) is 6.10 Å². The lowest BCUT2D eigenvalue weighted by Crippen LogP contribution is -2.38. The summed E-state index contributed by atoms with van der Waals surface area (Å²) < 4.78 is 0. The fraction of sp³-hybridized carbons (Fsp3) is 0.647. The summed E-state index contributed by atoms with van der Waals surface area (Å²) in [6, 6.07) is 8.63. The van der Waals surface area contributed by atoms with Crippen molar-refractivity contribution in [3.05, 3.63) is 35.4 Å². The minimum atomic E-state index is -0.397. The lowest BCUT2D eigenvalue weighted by atomic mass is 9.68. The Hall–Kier alpha value is -0.860. The zero-order valence-corrected chi connectivity index (χ0v) is 11.6. The predicted octanol–water partition coefficient (Wildman–Crippen LogP) is 3.51. The van der Waals surface area contributed by atoms with Crippen LogP contribution in [0.25, 0.3) is 0 Å². The van der Waals surface area contributed by atoms with Crippen molar-refractivity contribution in [2.24, 2.45) is 11.1 Å². The standard InChI is InChI=1S/C17H25NO/c18-12-17(10-2-1-3-11-17)16(19)15-8-6-14(7-9-15)13-4-5-13/h6-9,13,16,19H,1-5,10-12,18H2. The van der Waals surface area contributed by atoms with E-state index in [2.05, 4.69) is 24.3 Å². The average molecular weight is 259 g/mol. The molecule has 1 aromatic carbocycles. The minimum Gasteiger partial charge on any atom is -0.388 e. The second-order valence-corrected chi connectivity index (χ2v) is 6.47. The first-order valence-electron chi connectivity index (χ1n) is 7.73. The molecule has 0 bridgehead atoms. The molecule has 2 aliphatic rings. The Morgan fingerprint density at radius 3 is 2.26 bits per heavy atom. The predicted molar refractivity (Wildman–Crippen MR) is 77.9 cm³/mol. The Morgan fingerprint density at radius 1 is 1.11 bits per heavy atom. The van der Waals surface area contributed by atoms with Crippen LogP contribution in [0.2, 0.25) is 0 Å². The second kappa shape index (κ2) is 5.26. The highest BCUT2D eigenvalue weighted by molar-refractivity contribution is 5.30. The highest BCUT2D eigenvalue weighted by Gasteiger charge is 2.38. The summed E-state index contributed by atoms with van der Waals surface area (Å²) in [5.74, 6) is 0.782. The van der Waals surface area contributed by atoms with E-state index >= 15 is 0 Å². The number of aliphatic hydroxyl groups excluding tert-OH is 1. The fourth-order valence-corrected chi connectivity index (χ4v) is 3.57. The largest absolute Gasteiger partial charge is 0.388 e. The molecule has 2 nitrogen and oxygen atoms in total. The van der Waals surface area contributed by atoms with E-state index in [9.17, 15) is 5.11 Å². The maximum absolute atomic E-state index is 10.8. The normalized spacial score (nSPS) is 24.1. The summed E-state index contributed by atoms with van der Waals surface area (Å²) in [4.78, 5) is 0. The van der Waals surface area contributed by atoms with E-state index in [-0.39, 0.29) is 5.41 Å². The van der Waals surface area contributed by atoms with Crippen LogP contribution in [0.1, 0.15) is 68.1 Å². The molecule has 3 rings (SSSR count). The van der Waals surface area contributed by atoms with Crippen LogP contribution < -0.4 is 5.73 Å². The molecule has 0 spiro atoms. The molecule has 0 radical (unpaired) electrons. The summed E-state index contributed by atoms with van der Waals surface area (Å²) in [6.07, 6.45) is 8.08. The molecule has 2 fully saturated rings. The maximum atomic E-state index is 10.8. The van der Waals surface area contributed by atoms with Gasteiger partial charge >= 0.3 is 0 Å². The van der Waals surface area contributed by atoms with Crippen LogP contribution >= 0.6 is 0 Å². The lowest BCUT2D eigenvalue weighted by Gasteiger charge is -2.40. The molecule has 2 heteroatoms. The molecular weight excluding hydrogens is 234 g/mol. The van der Waals surface area contributed by atoms with Gasteiger partial charge in [0, 0.05) is 12.0 Å². The van der Waals surface area contributed by atoms with Gasteiger partial charge in [-0.05, 0) is 42.7 Å². The van der Waals surface area contributed by atoms with Gasteiger partial charge in [-0.3, -0.25) is 0 Å². The second-order valence-electron chi connectivity index (χ2n) is 6.47. The molecule has 19 heavy (non-hydrogen) atoms. The Kier molecular flexibility index (Phi) is 3.64. The van der Waals surface area contributed by atoms with Crippen LogP contribution in [0, 0.1) is 5.41 Å². The minimum absolute atomic E-state index is 0.0840. The molecule has 2 aliphatic carbocycles. The maximum Gasteiger partial charge on any atom is 0.0858 e. The third-order valence-corrected chi connectivity index (χ3v) is 5.14. The van der Waals surface area contributed by atoms with Gasteiger partial charge in [0.15, 0.2) is 0 Å². The van der Waals surface area contributed by atoms with Gasteiger partial charge in [-0.25, -0.2) is 0 Å². The van der Waals surface area contributed by atoms with Crippen molar-refractivity contribution in [3.8, 4) is 0 Å². The number of benzene rings is 1. The third-order valence-electron chi connectivity index (χ3n) is 5.14. The molecule has 0 saturated heterocycles. The molecule has 0 amide bonds. The van der Waals surface area contributed by atoms with E-state index in [0.717, 1.165) is 24.3 Å². The first-order chi connectivity index (χ1) is 9.25. The summed E-state index contributed by atoms with van der Waals surface area (Å²) in [7, 11) is 0. The van der Waals surface area contributed by atoms with Crippen molar-refractivity contribution in [2.75, 3.05) is 6.54 Å². The van der Waals surface area contributed by atoms with Crippen LogP contribution in [0.3, 0.4) is 0 Å². The average Bonchev–Trinajstić information content (AvgIpc) is 3.32. The summed E-state index contributed by atoms with van der Waals surface area (Å²) in [5, 5.41) is 10.8. The van der Waals surface area contributed by atoms with E-state index in [1.165, 1.54) is 37.7 Å². The number of rotatable bonds is 4. The number of hydrogen-bond donors (Lipinski definition) is 2. The van der Waals surface area contributed by atoms with Crippen LogP contribution in [0.15, 0.2) is 24.3 Å². The molecule has 0 aliphatic heterocycles. The topological polar surface area (TPSA) is 46.2 Å². The molecule has 0 aromatic heterocycles.